The van der Waals surface area contributed by atoms with Crippen molar-refractivity contribution in [3.05, 3.63) is 70.8 Å². The van der Waals surface area contributed by atoms with Gasteiger partial charge in [-0.1, -0.05) is 55.8 Å². The van der Waals surface area contributed by atoms with Gasteiger partial charge in [-0.15, -0.1) is 0 Å². The lowest BCUT2D eigenvalue weighted by Crippen LogP contribution is -2.46. The summed E-state index contributed by atoms with van der Waals surface area (Å²) in [7, 11) is 0. The lowest BCUT2D eigenvalue weighted by Gasteiger charge is -2.32. The van der Waals surface area contributed by atoms with Gasteiger partial charge in [-0.3, -0.25) is 9.59 Å². The Bertz CT molecular complexity index is 817. The van der Waals surface area contributed by atoms with E-state index in [0.717, 1.165) is 19.3 Å². The van der Waals surface area contributed by atoms with Gasteiger partial charge in [-0.2, -0.15) is 0 Å². The van der Waals surface area contributed by atoms with Gasteiger partial charge in [0.15, 0.2) is 0 Å². The molecule has 2 aromatic rings. The second-order valence-corrected chi connectivity index (χ2v) is 8.39. The Balaban J connectivity index is 1.43. The molecule has 0 saturated carbocycles. The van der Waals surface area contributed by atoms with Gasteiger partial charge in [0.25, 0.3) is 5.91 Å². The molecule has 0 atom stereocenters. The summed E-state index contributed by atoms with van der Waals surface area (Å²) in [5, 5.41) is 3.13. The van der Waals surface area contributed by atoms with E-state index >= 15 is 0 Å². The van der Waals surface area contributed by atoms with Gasteiger partial charge in [0, 0.05) is 31.1 Å². The number of piperidine rings is 1. The highest BCUT2D eigenvalue weighted by atomic mass is 16.2. The number of nitrogens with one attached hydrogen (secondary N) is 1. The van der Waals surface area contributed by atoms with Crippen LogP contribution >= 0.6 is 0 Å². The van der Waals surface area contributed by atoms with Gasteiger partial charge in [0.2, 0.25) is 5.91 Å². The molecule has 1 aliphatic rings. The predicted molar refractivity (Wildman–Crippen MR) is 117 cm³/mol. The van der Waals surface area contributed by atoms with Crippen molar-refractivity contribution < 1.29 is 9.59 Å². The predicted octanol–water partition coefficient (Wildman–Crippen LogP) is 4.47. The second-order valence-electron chi connectivity index (χ2n) is 8.39. The van der Waals surface area contributed by atoms with Crippen molar-refractivity contribution in [1.82, 2.24) is 10.2 Å². The van der Waals surface area contributed by atoms with Crippen LogP contribution in [0.3, 0.4) is 0 Å². The molecule has 0 spiro atoms. The fourth-order valence-electron chi connectivity index (χ4n) is 3.73. The molecular weight excluding hydrogens is 360 g/mol. The van der Waals surface area contributed by atoms with E-state index < -0.39 is 0 Å². The fraction of sp³-hybridized carbons (Fsp3) is 0.440. The minimum absolute atomic E-state index is 0.0237. The number of hydrogen-bond donors (Lipinski definition) is 1. The molecule has 1 N–H and O–H groups in total. The van der Waals surface area contributed by atoms with Crippen LogP contribution in [0.2, 0.25) is 0 Å². The lowest BCUT2D eigenvalue weighted by molar-refractivity contribution is -0.132. The number of amides is 2. The number of hydrogen-bond acceptors (Lipinski definition) is 2. The number of likely N-dealkylation sites (tertiary alicyclic amines) is 1. The number of carbonyl (C=O) groups is 2. The summed E-state index contributed by atoms with van der Waals surface area (Å²) in [5.41, 5.74) is 4.37. The fourth-order valence-corrected chi connectivity index (χ4v) is 3.73. The minimum atomic E-state index is -0.0237. The van der Waals surface area contributed by atoms with E-state index in [1.807, 2.05) is 29.2 Å². The summed E-state index contributed by atoms with van der Waals surface area (Å²) in [6, 6.07) is 16.3. The molecule has 2 aromatic carbocycles. The average Bonchev–Trinajstić information content (AvgIpc) is 2.73. The summed E-state index contributed by atoms with van der Waals surface area (Å²) < 4.78 is 0. The smallest absolute Gasteiger partial charge is 0.251 e. The van der Waals surface area contributed by atoms with Gasteiger partial charge in [0.1, 0.15) is 0 Å². The monoisotopic (exact) mass is 392 g/mol. The maximum Gasteiger partial charge on any atom is 0.251 e. The number of carbonyl (C=O) groups excluding carboxylic acids is 2. The Morgan fingerprint density at radius 1 is 1.00 bits per heavy atom. The van der Waals surface area contributed by atoms with Crippen LogP contribution in [0.15, 0.2) is 48.5 Å². The van der Waals surface area contributed by atoms with Crippen LogP contribution in [0.25, 0.3) is 0 Å². The molecule has 1 aliphatic heterocycles. The van der Waals surface area contributed by atoms with Gasteiger partial charge < -0.3 is 10.2 Å². The molecule has 29 heavy (non-hydrogen) atoms. The van der Waals surface area contributed by atoms with Crippen LogP contribution in [0.4, 0.5) is 0 Å². The lowest BCUT2D eigenvalue weighted by atomic mass is 10.0. The normalized spacial score (nSPS) is 14.8. The number of benzene rings is 2. The average molecular weight is 393 g/mol. The van der Waals surface area contributed by atoms with Crippen molar-refractivity contribution in [3.8, 4) is 0 Å². The summed E-state index contributed by atoms with van der Waals surface area (Å²) >= 11 is 0. The van der Waals surface area contributed by atoms with E-state index in [1.54, 1.807) is 0 Å². The summed E-state index contributed by atoms with van der Waals surface area (Å²) in [5.74, 6) is 0.643. The van der Waals surface area contributed by atoms with E-state index in [1.165, 1.54) is 16.7 Å². The molecule has 1 heterocycles. The van der Waals surface area contributed by atoms with E-state index in [-0.39, 0.29) is 17.9 Å². The summed E-state index contributed by atoms with van der Waals surface area (Å²) in [4.78, 5) is 27.0. The molecule has 0 unspecified atom stereocenters. The molecular formula is C25H32N2O2. The van der Waals surface area contributed by atoms with Crippen LogP contribution in [0.5, 0.6) is 0 Å². The zero-order chi connectivity index (χ0) is 20.8. The highest BCUT2D eigenvalue weighted by Gasteiger charge is 2.24. The second kappa shape index (κ2) is 9.73. The van der Waals surface area contributed by atoms with Crippen molar-refractivity contribution in [2.75, 3.05) is 13.1 Å². The Morgan fingerprint density at radius 3 is 2.21 bits per heavy atom. The van der Waals surface area contributed by atoms with E-state index in [2.05, 4.69) is 50.4 Å². The molecule has 4 heteroatoms. The first-order valence-electron chi connectivity index (χ1n) is 10.7. The molecule has 154 valence electrons. The first-order chi connectivity index (χ1) is 13.9. The third-order valence-corrected chi connectivity index (χ3v) is 5.77. The zero-order valence-electron chi connectivity index (χ0n) is 17.8. The third-order valence-electron chi connectivity index (χ3n) is 5.77. The van der Waals surface area contributed by atoms with E-state index in [4.69, 9.17) is 0 Å². The zero-order valence-corrected chi connectivity index (χ0v) is 17.8. The van der Waals surface area contributed by atoms with Crippen molar-refractivity contribution >= 4 is 11.8 Å². The Kier molecular flexibility index (Phi) is 7.08. The molecule has 2 amide bonds. The first-order valence-corrected chi connectivity index (χ1v) is 10.7. The van der Waals surface area contributed by atoms with Crippen molar-refractivity contribution in [1.29, 1.82) is 0 Å². The first kappa shape index (κ1) is 21.1. The minimum Gasteiger partial charge on any atom is -0.349 e. The Morgan fingerprint density at radius 2 is 1.62 bits per heavy atom. The molecule has 0 radical (unpaired) electrons. The molecule has 4 nitrogen and oxygen atoms in total. The van der Waals surface area contributed by atoms with Gasteiger partial charge in [0.05, 0.1) is 0 Å². The van der Waals surface area contributed by atoms with Crippen molar-refractivity contribution in [3.63, 3.8) is 0 Å². The maximum absolute atomic E-state index is 12.5. The number of nitrogens with zero attached hydrogens (tertiary/aromatic N) is 1. The van der Waals surface area contributed by atoms with Crippen LogP contribution in [0.1, 0.15) is 66.1 Å². The molecule has 0 aromatic heterocycles. The Hall–Kier alpha value is -2.62. The number of aryl methyl sites for hydroxylation is 2. The molecule has 1 saturated heterocycles. The van der Waals surface area contributed by atoms with Crippen LogP contribution in [0, 0.1) is 6.92 Å². The van der Waals surface area contributed by atoms with E-state index in [0.29, 0.717) is 31.0 Å². The van der Waals surface area contributed by atoms with Crippen molar-refractivity contribution in [2.24, 2.45) is 0 Å². The van der Waals surface area contributed by atoms with E-state index in [9.17, 15) is 9.59 Å². The van der Waals surface area contributed by atoms with Crippen LogP contribution in [-0.2, 0) is 11.2 Å². The van der Waals surface area contributed by atoms with Crippen molar-refractivity contribution in [2.45, 2.75) is 58.4 Å². The Labute approximate surface area is 174 Å². The highest BCUT2D eigenvalue weighted by Crippen LogP contribution is 2.16. The van der Waals surface area contributed by atoms with Crippen LogP contribution < -0.4 is 5.32 Å². The quantitative estimate of drug-likeness (QED) is 0.788. The maximum atomic E-state index is 12.5. The summed E-state index contributed by atoms with van der Waals surface area (Å²) in [6.07, 6.45) is 2.95. The topological polar surface area (TPSA) is 49.4 Å². The largest absolute Gasteiger partial charge is 0.349 e. The number of rotatable bonds is 6. The SMILES string of the molecule is Cc1ccc(CCC(=O)N2CCC(NC(=O)c3ccc(C(C)C)cc3)CC2)cc1. The molecule has 1 fully saturated rings. The third kappa shape index (κ3) is 5.93. The summed E-state index contributed by atoms with van der Waals surface area (Å²) in [6.45, 7) is 7.78. The molecule has 0 aliphatic carbocycles. The van der Waals surface area contributed by atoms with Gasteiger partial charge >= 0.3 is 0 Å². The van der Waals surface area contributed by atoms with Gasteiger partial charge in [-0.05, 0) is 55.4 Å². The molecule has 0 bridgehead atoms. The van der Waals surface area contributed by atoms with Crippen LogP contribution in [-0.4, -0.2) is 35.8 Å². The van der Waals surface area contributed by atoms with Gasteiger partial charge in [-0.25, -0.2) is 0 Å². The highest BCUT2D eigenvalue weighted by molar-refractivity contribution is 5.94. The molecule has 3 rings (SSSR count). The standard InChI is InChI=1S/C25H32N2O2/c1-18(2)21-9-11-22(12-10-21)25(29)26-23-14-16-27(17-15-23)24(28)13-8-20-6-4-19(3)5-7-20/h4-7,9-12,18,23H,8,13-17H2,1-3H3,(H,26,29).